The Morgan fingerprint density at radius 3 is 2.45 bits per heavy atom. The molecule has 0 aromatic heterocycles. The van der Waals surface area contributed by atoms with Crippen LogP contribution in [-0.4, -0.2) is 21.5 Å². The highest BCUT2D eigenvalue weighted by molar-refractivity contribution is 7.89. The smallest absolute Gasteiger partial charge is 0.243 e. The molecule has 7 heteroatoms. The number of rotatable bonds is 5. The summed E-state index contributed by atoms with van der Waals surface area (Å²) in [6.07, 6.45) is 0.707. The number of halogens is 2. The van der Waals surface area contributed by atoms with Crippen LogP contribution in [0.3, 0.4) is 0 Å². The summed E-state index contributed by atoms with van der Waals surface area (Å²) in [6, 6.07) is 1.73. The Bertz CT molecular complexity index is 630. The fraction of sp³-hybridized carbons (Fsp3) is 0.538. The molecule has 1 unspecified atom stereocenters. The maximum absolute atomic E-state index is 14.2. The van der Waals surface area contributed by atoms with Gasteiger partial charge < -0.3 is 5.32 Å². The van der Waals surface area contributed by atoms with Gasteiger partial charge in [0.1, 0.15) is 10.7 Å². The number of hydrogen-bond acceptors (Lipinski definition) is 3. The minimum absolute atomic E-state index is 0.0735. The molecule has 1 aliphatic rings. The predicted octanol–water partition coefficient (Wildman–Crippen LogP) is 1.76. The van der Waals surface area contributed by atoms with Gasteiger partial charge in [-0.1, -0.05) is 13.8 Å². The van der Waals surface area contributed by atoms with Crippen LogP contribution in [0.1, 0.15) is 25.8 Å². The van der Waals surface area contributed by atoms with Crippen molar-refractivity contribution in [3.63, 3.8) is 0 Å². The van der Waals surface area contributed by atoms with E-state index in [1.807, 2.05) is 13.8 Å². The number of sulfonamides is 1. The lowest BCUT2D eigenvalue weighted by molar-refractivity contribution is 0.514. The Balaban J connectivity index is 2.35. The van der Waals surface area contributed by atoms with Crippen LogP contribution in [0, 0.1) is 17.0 Å². The van der Waals surface area contributed by atoms with Crippen molar-refractivity contribution >= 4 is 10.0 Å². The van der Waals surface area contributed by atoms with Gasteiger partial charge in [-0.2, -0.15) is 0 Å². The Hall–Kier alpha value is -1.05. The maximum Gasteiger partial charge on any atom is 0.243 e. The minimum Gasteiger partial charge on any atom is -0.315 e. The normalized spacial score (nSPS) is 20.9. The van der Waals surface area contributed by atoms with Crippen LogP contribution in [-0.2, 0) is 16.6 Å². The number of hydrogen-bond donors (Lipinski definition) is 2. The van der Waals surface area contributed by atoms with E-state index in [-0.39, 0.29) is 23.6 Å². The summed E-state index contributed by atoms with van der Waals surface area (Å²) < 4.78 is 54.5. The zero-order valence-corrected chi connectivity index (χ0v) is 12.4. The van der Waals surface area contributed by atoms with E-state index in [1.54, 1.807) is 0 Å². The summed E-state index contributed by atoms with van der Waals surface area (Å²) in [5.74, 6) is -1.80. The zero-order valence-electron chi connectivity index (χ0n) is 11.6. The van der Waals surface area contributed by atoms with Gasteiger partial charge >= 0.3 is 0 Å². The van der Waals surface area contributed by atoms with Crippen molar-refractivity contribution in [2.24, 2.45) is 5.41 Å². The summed E-state index contributed by atoms with van der Waals surface area (Å²) in [5.41, 5.74) is -0.386. The van der Waals surface area contributed by atoms with Gasteiger partial charge in [0.05, 0.1) is 0 Å². The van der Waals surface area contributed by atoms with Gasteiger partial charge in [0.2, 0.25) is 10.0 Å². The molecule has 0 radical (unpaired) electrons. The SMILES string of the molecule is CNCc1c(F)ccc(S(=O)(=O)NC2CC2(C)C)c1F. The van der Waals surface area contributed by atoms with E-state index >= 15 is 0 Å². The molecule has 0 amide bonds. The minimum atomic E-state index is -3.98. The second kappa shape index (κ2) is 5.05. The highest BCUT2D eigenvalue weighted by Gasteiger charge is 2.48. The van der Waals surface area contributed by atoms with Crippen LogP contribution < -0.4 is 10.0 Å². The van der Waals surface area contributed by atoms with E-state index in [0.29, 0.717) is 6.42 Å². The molecule has 2 rings (SSSR count). The first kappa shape index (κ1) is 15.3. The fourth-order valence-corrected chi connectivity index (χ4v) is 3.55. The van der Waals surface area contributed by atoms with Gasteiger partial charge in [-0.25, -0.2) is 21.9 Å². The molecule has 1 aromatic rings. The summed E-state index contributed by atoms with van der Waals surface area (Å²) in [6.45, 7) is 3.78. The average Bonchev–Trinajstić information content (AvgIpc) is 2.90. The molecular formula is C13H18F2N2O2S. The average molecular weight is 304 g/mol. The molecule has 0 heterocycles. The van der Waals surface area contributed by atoms with E-state index in [0.717, 1.165) is 12.1 Å². The zero-order chi connectivity index (χ0) is 15.1. The third-order valence-electron chi connectivity index (χ3n) is 3.60. The number of nitrogens with one attached hydrogen (secondary N) is 2. The third-order valence-corrected chi connectivity index (χ3v) is 5.09. The topological polar surface area (TPSA) is 58.2 Å². The molecule has 2 N–H and O–H groups in total. The van der Waals surface area contributed by atoms with Crippen LogP contribution >= 0.6 is 0 Å². The maximum atomic E-state index is 14.2. The molecule has 0 bridgehead atoms. The molecule has 1 aliphatic carbocycles. The Morgan fingerprint density at radius 2 is 1.95 bits per heavy atom. The van der Waals surface area contributed by atoms with Gasteiger partial charge in [-0.15, -0.1) is 0 Å². The van der Waals surface area contributed by atoms with Crippen LogP contribution in [0.2, 0.25) is 0 Å². The third kappa shape index (κ3) is 2.84. The quantitative estimate of drug-likeness (QED) is 0.871. The Labute approximate surface area is 117 Å². The van der Waals surface area contributed by atoms with E-state index in [1.165, 1.54) is 7.05 Å². The molecule has 0 spiro atoms. The highest BCUT2D eigenvalue weighted by atomic mass is 32.2. The Morgan fingerprint density at radius 1 is 1.35 bits per heavy atom. The van der Waals surface area contributed by atoms with Crippen molar-refractivity contribution in [2.45, 2.75) is 37.8 Å². The van der Waals surface area contributed by atoms with E-state index in [4.69, 9.17) is 0 Å². The molecule has 0 aliphatic heterocycles. The largest absolute Gasteiger partial charge is 0.315 e. The summed E-state index contributed by atoms with van der Waals surface area (Å²) in [5, 5.41) is 2.62. The molecule has 1 saturated carbocycles. The standard InChI is InChI=1S/C13H18F2N2O2S/c1-13(2)6-11(13)17-20(18,19)10-5-4-9(14)8(7-16-3)12(10)15/h4-5,11,16-17H,6-7H2,1-3H3. The van der Waals surface area contributed by atoms with Gasteiger partial charge in [-0.3, -0.25) is 0 Å². The second-order valence-corrected chi connectivity index (χ2v) is 7.42. The Kier molecular flexibility index (Phi) is 3.88. The molecule has 1 atom stereocenters. The van der Waals surface area contributed by atoms with Gasteiger partial charge in [0.15, 0.2) is 5.82 Å². The van der Waals surface area contributed by atoms with Crippen molar-refractivity contribution in [1.29, 1.82) is 0 Å². The molecular weight excluding hydrogens is 286 g/mol. The molecule has 1 aromatic carbocycles. The molecule has 1 fully saturated rings. The van der Waals surface area contributed by atoms with Crippen LogP contribution in [0.4, 0.5) is 8.78 Å². The van der Waals surface area contributed by atoms with Crippen molar-refractivity contribution in [2.75, 3.05) is 7.05 Å². The second-order valence-electron chi connectivity index (χ2n) is 5.73. The van der Waals surface area contributed by atoms with E-state index < -0.39 is 26.6 Å². The molecule has 4 nitrogen and oxygen atoms in total. The van der Waals surface area contributed by atoms with Gasteiger partial charge in [0.25, 0.3) is 0 Å². The van der Waals surface area contributed by atoms with Crippen molar-refractivity contribution < 1.29 is 17.2 Å². The fourth-order valence-electron chi connectivity index (χ4n) is 2.04. The first-order chi connectivity index (χ1) is 9.19. The lowest BCUT2D eigenvalue weighted by atomic mass is 10.2. The lowest BCUT2D eigenvalue weighted by Crippen LogP contribution is -2.29. The summed E-state index contributed by atoms with van der Waals surface area (Å²) >= 11 is 0. The molecule has 112 valence electrons. The highest BCUT2D eigenvalue weighted by Crippen LogP contribution is 2.45. The van der Waals surface area contributed by atoms with Crippen LogP contribution in [0.15, 0.2) is 17.0 Å². The lowest BCUT2D eigenvalue weighted by Gasteiger charge is -2.12. The first-order valence-electron chi connectivity index (χ1n) is 6.33. The monoisotopic (exact) mass is 304 g/mol. The van der Waals surface area contributed by atoms with Crippen molar-refractivity contribution in [1.82, 2.24) is 10.0 Å². The number of benzene rings is 1. The van der Waals surface area contributed by atoms with Crippen molar-refractivity contribution in [3.05, 3.63) is 29.3 Å². The van der Waals surface area contributed by atoms with E-state index in [2.05, 4.69) is 10.0 Å². The summed E-state index contributed by atoms with van der Waals surface area (Å²) in [7, 11) is -2.44. The van der Waals surface area contributed by atoms with Gasteiger partial charge in [0, 0.05) is 18.2 Å². The van der Waals surface area contributed by atoms with Crippen molar-refractivity contribution in [3.8, 4) is 0 Å². The molecule has 20 heavy (non-hydrogen) atoms. The predicted molar refractivity (Wildman–Crippen MR) is 71.6 cm³/mol. The first-order valence-corrected chi connectivity index (χ1v) is 7.81. The van der Waals surface area contributed by atoms with Crippen LogP contribution in [0.25, 0.3) is 0 Å². The van der Waals surface area contributed by atoms with Crippen LogP contribution in [0.5, 0.6) is 0 Å². The van der Waals surface area contributed by atoms with Gasteiger partial charge in [-0.05, 0) is 31.0 Å². The summed E-state index contributed by atoms with van der Waals surface area (Å²) in [4.78, 5) is -0.508. The molecule has 0 saturated heterocycles. The van der Waals surface area contributed by atoms with E-state index in [9.17, 15) is 17.2 Å².